The standard InChI is InChI=1S/C16H26BrNO4/c1-5-21-15(20)14(13(19)10-17)18-22-12-8-6-11(7-9-12)16(2,3)4/h11-12H,5-10H2,1-4H3/b18-14+. The van der Waals surface area contributed by atoms with Gasteiger partial charge in [0.2, 0.25) is 11.5 Å². The van der Waals surface area contributed by atoms with Crippen LogP contribution in [-0.2, 0) is 19.2 Å². The molecule has 0 aromatic carbocycles. The van der Waals surface area contributed by atoms with Gasteiger partial charge in [0.05, 0.1) is 11.9 Å². The van der Waals surface area contributed by atoms with Gasteiger partial charge in [-0.25, -0.2) is 4.79 Å². The number of halogens is 1. The molecule has 1 aliphatic carbocycles. The first-order valence-electron chi connectivity index (χ1n) is 7.79. The SMILES string of the molecule is CCOC(=O)/C(=N/OC1CCC(C(C)(C)C)CC1)C(=O)CBr. The molecule has 0 heterocycles. The molecule has 0 unspecified atom stereocenters. The summed E-state index contributed by atoms with van der Waals surface area (Å²) >= 11 is 3.04. The molecule has 5 nitrogen and oxygen atoms in total. The van der Waals surface area contributed by atoms with Gasteiger partial charge >= 0.3 is 5.97 Å². The van der Waals surface area contributed by atoms with Gasteiger partial charge in [-0.2, -0.15) is 0 Å². The van der Waals surface area contributed by atoms with E-state index in [-0.39, 0.29) is 23.8 Å². The van der Waals surface area contributed by atoms with E-state index in [0.717, 1.165) is 25.7 Å². The Kier molecular flexibility index (Phi) is 7.53. The minimum absolute atomic E-state index is 0.0186. The summed E-state index contributed by atoms with van der Waals surface area (Å²) in [5.74, 6) is -0.484. The molecule has 0 atom stereocenters. The average molecular weight is 376 g/mol. The van der Waals surface area contributed by atoms with Crippen molar-refractivity contribution >= 4 is 33.4 Å². The van der Waals surface area contributed by atoms with Gasteiger partial charge < -0.3 is 9.57 Å². The number of alkyl halides is 1. The molecule has 0 saturated heterocycles. The van der Waals surface area contributed by atoms with Crippen molar-refractivity contribution in [1.29, 1.82) is 0 Å². The van der Waals surface area contributed by atoms with Crippen LogP contribution in [-0.4, -0.2) is 35.5 Å². The lowest BCUT2D eigenvalue weighted by Crippen LogP contribution is -2.30. The highest BCUT2D eigenvalue weighted by molar-refractivity contribution is 9.09. The molecule has 22 heavy (non-hydrogen) atoms. The molecule has 0 N–H and O–H groups in total. The largest absolute Gasteiger partial charge is 0.461 e. The summed E-state index contributed by atoms with van der Waals surface area (Å²) < 4.78 is 4.84. The van der Waals surface area contributed by atoms with Crippen LogP contribution in [0.4, 0.5) is 0 Å². The van der Waals surface area contributed by atoms with Crippen molar-refractivity contribution in [1.82, 2.24) is 0 Å². The van der Waals surface area contributed by atoms with Gasteiger partial charge in [-0.3, -0.25) is 4.79 Å². The third kappa shape index (κ3) is 5.71. The molecule has 0 aliphatic heterocycles. The maximum absolute atomic E-state index is 11.7. The number of rotatable bonds is 6. The normalized spacial score (nSPS) is 23.0. The number of Topliss-reactive ketones (excluding diaryl/α,β-unsaturated/α-hetero) is 1. The van der Waals surface area contributed by atoms with Gasteiger partial charge in [-0.1, -0.05) is 41.9 Å². The van der Waals surface area contributed by atoms with E-state index < -0.39 is 11.8 Å². The van der Waals surface area contributed by atoms with Crippen molar-refractivity contribution in [3.63, 3.8) is 0 Å². The summed E-state index contributed by atoms with van der Waals surface area (Å²) in [7, 11) is 0. The van der Waals surface area contributed by atoms with Gasteiger partial charge in [0.25, 0.3) is 0 Å². The van der Waals surface area contributed by atoms with Crippen LogP contribution in [0.1, 0.15) is 53.4 Å². The summed E-state index contributed by atoms with van der Waals surface area (Å²) in [6.07, 6.45) is 3.90. The zero-order valence-corrected chi connectivity index (χ0v) is 15.4. The highest BCUT2D eigenvalue weighted by atomic mass is 79.9. The zero-order chi connectivity index (χ0) is 16.8. The summed E-state index contributed by atoms with van der Waals surface area (Å²) in [6.45, 7) is 8.65. The van der Waals surface area contributed by atoms with Crippen LogP contribution in [0.5, 0.6) is 0 Å². The number of oxime groups is 1. The Morgan fingerprint density at radius 3 is 2.23 bits per heavy atom. The summed E-state index contributed by atoms with van der Waals surface area (Å²) in [5, 5.41) is 3.81. The molecule has 0 bridgehead atoms. The first-order chi connectivity index (χ1) is 10.3. The Labute approximate surface area is 140 Å². The summed E-state index contributed by atoms with van der Waals surface area (Å²) in [6, 6.07) is 0. The highest BCUT2D eigenvalue weighted by Crippen LogP contribution is 2.38. The Morgan fingerprint density at radius 2 is 1.77 bits per heavy atom. The first kappa shape index (κ1) is 19.1. The van der Waals surface area contributed by atoms with E-state index in [2.05, 4.69) is 41.9 Å². The minimum Gasteiger partial charge on any atom is -0.461 e. The number of hydrogen-bond acceptors (Lipinski definition) is 5. The van der Waals surface area contributed by atoms with Crippen molar-refractivity contribution < 1.29 is 19.2 Å². The Balaban J connectivity index is 2.61. The van der Waals surface area contributed by atoms with Crippen LogP contribution in [0, 0.1) is 11.3 Å². The van der Waals surface area contributed by atoms with Gasteiger partial charge in [-0.15, -0.1) is 0 Å². The van der Waals surface area contributed by atoms with Crippen LogP contribution in [0.15, 0.2) is 5.16 Å². The number of esters is 1. The molecule has 1 fully saturated rings. The lowest BCUT2D eigenvalue weighted by Gasteiger charge is -2.36. The maximum atomic E-state index is 11.7. The Bertz CT molecular complexity index is 420. The monoisotopic (exact) mass is 375 g/mol. The third-order valence-corrected chi connectivity index (χ3v) is 4.56. The molecular weight excluding hydrogens is 350 g/mol. The third-order valence-electron chi connectivity index (χ3n) is 4.05. The molecule has 6 heteroatoms. The average Bonchev–Trinajstić information content (AvgIpc) is 2.47. The van der Waals surface area contributed by atoms with Crippen molar-refractivity contribution in [2.45, 2.75) is 59.5 Å². The fraction of sp³-hybridized carbons (Fsp3) is 0.812. The number of nitrogens with zero attached hydrogens (tertiary/aromatic N) is 1. The van der Waals surface area contributed by atoms with E-state index in [4.69, 9.17) is 9.57 Å². The van der Waals surface area contributed by atoms with Crippen molar-refractivity contribution in [2.24, 2.45) is 16.5 Å². The summed E-state index contributed by atoms with van der Waals surface area (Å²) in [4.78, 5) is 28.9. The second-order valence-corrected chi connectivity index (χ2v) is 7.22. The zero-order valence-electron chi connectivity index (χ0n) is 13.9. The molecule has 126 valence electrons. The maximum Gasteiger partial charge on any atom is 0.364 e. The van der Waals surface area contributed by atoms with Crippen LogP contribution in [0.25, 0.3) is 0 Å². The lowest BCUT2D eigenvalue weighted by molar-refractivity contribution is -0.136. The molecular formula is C16H26BrNO4. The minimum atomic E-state index is -0.727. The van der Waals surface area contributed by atoms with Gasteiger partial charge in [0.1, 0.15) is 6.10 Å². The summed E-state index contributed by atoms with van der Waals surface area (Å²) in [5.41, 5.74) is 0.0349. The van der Waals surface area contributed by atoms with Crippen LogP contribution in [0.3, 0.4) is 0 Å². The van der Waals surface area contributed by atoms with Crippen LogP contribution in [0.2, 0.25) is 0 Å². The quantitative estimate of drug-likeness (QED) is 0.234. The highest BCUT2D eigenvalue weighted by Gasteiger charge is 2.31. The van der Waals surface area contributed by atoms with E-state index in [1.807, 2.05) is 0 Å². The Morgan fingerprint density at radius 1 is 1.18 bits per heavy atom. The lowest BCUT2D eigenvalue weighted by atomic mass is 9.72. The van der Waals surface area contributed by atoms with E-state index in [1.54, 1.807) is 6.92 Å². The number of carbonyl (C=O) groups is 2. The molecule has 0 spiro atoms. The second-order valence-electron chi connectivity index (χ2n) is 6.66. The number of ether oxygens (including phenoxy) is 1. The van der Waals surface area contributed by atoms with Gasteiger partial charge in [0.15, 0.2) is 0 Å². The van der Waals surface area contributed by atoms with Crippen molar-refractivity contribution in [3.8, 4) is 0 Å². The predicted molar refractivity (Wildman–Crippen MR) is 89.2 cm³/mol. The van der Waals surface area contributed by atoms with Crippen LogP contribution < -0.4 is 0 Å². The van der Waals surface area contributed by atoms with Gasteiger partial charge in [-0.05, 0) is 43.9 Å². The van der Waals surface area contributed by atoms with E-state index in [1.165, 1.54) is 0 Å². The van der Waals surface area contributed by atoms with Crippen molar-refractivity contribution in [3.05, 3.63) is 0 Å². The molecule has 0 aromatic rings. The predicted octanol–water partition coefficient (Wildman–Crippen LogP) is 3.49. The smallest absolute Gasteiger partial charge is 0.364 e. The fourth-order valence-electron chi connectivity index (χ4n) is 2.63. The molecule has 0 radical (unpaired) electrons. The first-order valence-corrected chi connectivity index (χ1v) is 8.91. The molecule has 1 saturated carbocycles. The molecule has 1 aliphatic rings. The second kappa shape index (κ2) is 8.65. The van der Waals surface area contributed by atoms with E-state index in [0.29, 0.717) is 11.3 Å². The number of carbonyl (C=O) groups excluding carboxylic acids is 2. The van der Waals surface area contributed by atoms with Gasteiger partial charge in [0, 0.05) is 0 Å². The Hall–Kier alpha value is -0.910. The van der Waals surface area contributed by atoms with E-state index in [9.17, 15) is 9.59 Å². The fourth-order valence-corrected chi connectivity index (χ4v) is 2.89. The van der Waals surface area contributed by atoms with Crippen molar-refractivity contribution in [2.75, 3.05) is 11.9 Å². The molecule has 0 amide bonds. The van der Waals surface area contributed by atoms with Crippen LogP contribution >= 0.6 is 15.9 Å². The van der Waals surface area contributed by atoms with E-state index >= 15 is 0 Å². The molecule has 1 rings (SSSR count). The number of ketones is 1. The number of hydrogen-bond donors (Lipinski definition) is 0. The topological polar surface area (TPSA) is 65.0 Å². The molecule has 0 aromatic heterocycles.